The van der Waals surface area contributed by atoms with Gasteiger partial charge < -0.3 is 33.8 Å². The third-order valence-corrected chi connectivity index (χ3v) is 22.1. The van der Waals surface area contributed by atoms with Crippen molar-refractivity contribution in [3.8, 4) is 0 Å². The minimum Gasteiger partial charge on any atom is -0.462 e. The molecule has 0 aromatic rings. The zero-order valence-electron chi connectivity index (χ0n) is 69.0. The molecular formula is C86H168O17P2. The summed E-state index contributed by atoms with van der Waals surface area (Å²) in [5.41, 5.74) is 0. The van der Waals surface area contributed by atoms with Crippen LogP contribution in [0.5, 0.6) is 0 Å². The van der Waals surface area contributed by atoms with Gasteiger partial charge in [0.25, 0.3) is 0 Å². The molecule has 0 saturated carbocycles. The third kappa shape index (κ3) is 79.9. The van der Waals surface area contributed by atoms with Gasteiger partial charge in [-0.3, -0.25) is 37.3 Å². The molecule has 0 spiro atoms. The van der Waals surface area contributed by atoms with Gasteiger partial charge in [-0.15, -0.1) is 0 Å². The zero-order valence-corrected chi connectivity index (χ0v) is 70.8. The number of hydrogen-bond acceptors (Lipinski definition) is 15. The van der Waals surface area contributed by atoms with Gasteiger partial charge in [-0.05, 0) is 37.5 Å². The van der Waals surface area contributed by atoms with Crippen LogP contribution in [0.25, 0.3) is 0 Å². The van der Waals surface area contributed by atoms with Crippen molar-refractivity contribution in [2.24, 2.45) is 11.8 Å². The second-order valence-electron chi connectivity index (χ2n) is 31.9. The molecule has 5 atom stereocenters. The van der Waals surface area contributed by atoms with Gasteiger partial charge in [-0.1, -0.05) is 408 Å². The summed E-state index contributed by atoms with van der Waals surface area (Å²) in [4.78, 5) is 73.2. The Morgan fingerprint density at radius 2 is 0.438 bits per heavy atom. The summed E-state index contributed by atoms with van der Waals surface area (Å²) in [6, 6.07) is 0. The molecule has 3 N–H and O–H groups in total. The number of phosphoric acid groups is 2. The van der Waals surface area contributed by atoms with Crippen LogP contribution < -0.4 is 0 Å². The van der Waals surface area contributed by atoms with Gasteiger partial charge in [-0.2, -0.15) is 0 Å². The summed E-state index contributed by atoms with van der Waals surface area (Å²) in [6.45, 7) is 9.63. The van der Waals surface area contributed by atoms with Crippen molar-refractivity contribution in [1.82, 2.24) is 0 Å². The topological polar surface area (TPSA) is 237 Å². The highest BCUT2D eigenvalue weighted by Gasteiger charge is 2.30. The first-order valence-electron chi connectivity index (χ1n) is 44.5. The lowest BCUT2D eigenvalue weighted by Crippen LogP contribution is -2.30. The number of unbranched alkanes of at least 4 members (excludes halogenated alkanes) is 55. The molecule has 0 rings (SSSR count). The van der Waals surface area contributed by atoms with Crippen molar-refractivity contribution >= 4 is 39.5 Å². The van der Waals surface area contributed by atoms with E-state index in [1.54, 1.807) is 0 Å². The fourth-order valence-corrected chi connectivity index (χ4v) is 15.0. The summed E-state index contributed by atoms with van der Waals surface area (Å²) in [6.07, 6.45) is 69.6. The van der Waals surface area contributed by atoms with E-state index >= 15 is 0 Å². The first-order valence-corrected chi connectivity index (χ1v) is 47.5. The lowest BCUT2D eigenvalue weighted by Gasteiger charge is -2.21. The summed E-state index contributed by atoms with van der Waals surface area (Å²) in [5, 5.41) is 10.7. The van der Waals surface area contributed by atoms with Gasteiger partial charge in [0.15, 0.2) is 12.2 Å². The summed E-state index contributed by atoms with van der Waals surface area (Å²) >= 11 is 0. The van der Waals surface area contributed by atoms with Gasteiger partial charge >= 0.3 is 39.5 Å². The number of phosphoric ester groups is 2. The van der Waals surface area contributed by atoms with Crippen LogP contribution in [0.15, 0.2) is 0 Å². The van der Waals surface area contributed by atoms with Crippen LogP contribution in [0, 0.1) is 11.8 Å². The fraction of sp³-hybridized carbons (Fsp3) is 0.953. The normalized spacial score (nSPS) is 13.8. The van der Waals surface area contributed by atoms with Crippen LogP contribution >= 0.6 is 15.6 Å². The molecule has 2 unspecified atom stereocenters. The predicted octanol–water partition coefficient (Wildman–Crippen LogP) is 26.2. The van der Waals surface area contributed by atoms with Crippen LogP contribution in [0.2, 0.25) is 0 Å². The SMILES string of the molecule is CCCCCCCCCCCCCCCCCCCCCCCCC(=O)O[C@H](COC(=O)CCCCCCCCCCCCCCCCCCCC)COP(=O)(O)OC[C@@H](O)COP(=O)(O)OC[C@@H](COC(=O)CCCCCCCCCCC(C)C)OC(=O)CCCCCCCCCCCCCC(C)C. The quantitative estimate of drug-likeness (QED) is 0.0222. The lowest BCUT2D eigenvalue weighted by molar-refractivity contribution is -0.161. The monoisotopic (exact) mass is 1540 g/mol. The molecule has 0 aromatic carbocycles. The highest BCUT2D eigenvalue weighted by atomic mass is 31.2. The first kappa shape index (κ1) is 103. The molecule has 0 amide bonds. The van der Waals surface area contributed by atoms with Gasteiger partial charge in [0, 0.05) is 25.7 Å². The molecular weight excluding hydrogens is 1370 g/mol. The number of carbonyl (C=O) groups excluding carboxylic acids is 4. The minimum atomic E-state index is -4.97. The molecule has 19 heteroatoms. The van der Waals surface area contributed by atoms with E-state index in [0.717, 1.165) is 102 Å². The van der Waals surface area contributed by atoms with E-state index in [1.165, 1.54) is 276 Å². The van der Waals surface area contributed by atoms with Crippen molar-refractivity contribution < 1.29 is 80.2 Å². The summed E-state index contributed by atoms with van der Waals surface area (Å²) in [7, 11) is -9.93. The van der Waals surface area contributed by atoms with Crippen molar-refractivity contribution in [3.05, 3.63) is 0 Å². The van der Waals surface area contributed by atoms with Crippen molar-refractivity contribution in [2.75, 3.05) is 39.6 Å². The van der Waals surface area contributed by atoms with E-state index in [-0.39, 0.29) is 25.7 Å². The minimum absolute atomic E-state index is 0.106. The van der Waals surface area contributed by atoms with Crippen molar-refractivity contribution in [2.45, 2.75) is 477 Å². The van der Waals surface area contributed by atoms with E-state index in [2.05, 4.69) is 41.5 Å². The van der Waals surface area contributed by atoms with Crippen LogP contribution in [0.3, 0.4) is 0 Å². The van der Waals surface area contributed by atoms with Crippen LogP contribution in [0.1, 0.15) is 459 Å². The number of ether oxygens (including phenoxy) is 4. The highest BCUT2D eigenvalue weighted by molar-refractivity contribution is 7.47. The molecule has 0 heterocycles. The second-order valence-corrected chi connectivity index (χ2v) is 34.8. The number of rotatable bonds is 85. The average molecular weight is 1540 g/mol. The fourth-order valence-electron chi connectivity index (χ4n) is 13.4. The molecule has 17 nitrogen and oxygen atoms in total. The molecule has 624 valence electrons. The molecule has 0 saturated heterocycles. The summed E-state index contributed by atoms with van der Waals surface area (Å²) < 4.78 is 68.9. The predicted molar refractivity (Wildman–Crippen MR) is 432 cm³/mol. The zero-order chi connectivity index (χ0) is 77.1. The Bertz CT molecular complexity index is 2010. The number of esters is 4. The lowest BCUT2D eigenvalue weighted by atomic mass is 10.0. The van der Waals surface area contributed by atoms with E-state index < -0.39 is 97.5 Å². The Morgan fingerprint density at radius 1 is 0.257 bits per heavy atom. The van der Waals surface area contributed by atoms with E-state index in [1.807, 2.05) is 0 Å². The molecule has 0 bridgehead atoms. The maximum Gasteiger partial charge on any atom is 0.472 e. The number of hydrogen-bond donors (Lipinski definition) is 3. The van der Waals surface area contributed by atoms with Crippen LogP contribution in [-0.2, 0) is 65.4 Å². The smallest absolute Gasteiger partial charge is 0.462 e. The van der Waals surface area contributed by atoms with Crippen LogP contribution in [-0.4, -0.2) is 96.7 Å². The molecule has 0 aromatic heterocycles. The van der Waals surface area contributed by atoms with Gasteiger partial charge in [0.2, 0.25) is 0 Å². The van der Waals surface area contributed by atoms with Gasteiger partial charge in [0.05, 0.1) is 26.4 Å². The Morgan fingerprint density at radius 3 is 0.648 bits per heavy atom. The summed E-state index contributed by atoms with van der Waals surface area (Å²) in [5.74, 6) is -0.613. The van der Waals surface area contributed by atoms with Crippen molar-refractivity contribution in [3.63, 3.8) is 0 Å². The van der Waals surface area contributed by atoms with Crippen molar-refractivity contribution in [1.29, 1.82) is 0 Å². The molecule has 105 heavy (non-hydrogen) atoms. The first-order chi connectivity index (χ1) is 50.9. The Hall–Kier alpha value is -1.94. The van der Waals surface area contributed by atoms with Gasteiger partial charge in [0.1, 0.15) is 19.3 Å². The standard InChI is InChI=1S/C86H168O17P2/c1-7-9-11-13-15-17-19-21-23-25-27-28-29-30-32-34-36-40-44-52-58-64-70-85(90)102-81(74-96-83(88)68-62-56-50-43-39-35-33-31-26-24-22-20-18-16-14-12-10-8-2)76-100-104(92,93)98-72-80(87)73-99-105(94,95)101-77-82(75-97-84(89)69-63-57-51-47-46-49-55-61-67-79(5)6)103-86(91)71-65-59-53-45-41-37-38-42-48-54-60-66-78(3)4/h78-82,87H,7-77H2,1-6H3,(H,92,93)(H,94,95)/t80-,81-,82-/m1/s1. The second kappa shape index (κ2) is 77.4. The average Bonchev–Trinajstić information content (AvgIpc) is 0.970. The Kier molecular flexibility index (Phi) is 76.0. The molecule has 0 aliphatic rings. The number of carbonyl (C=O) groups is 4. The largest absolute Gasteiger partial charge is 0.472 e. The Balaban J connectivity index is 5.22. The highest BCUT2D eigenvalue weighted by Crippen LogP contribution is 2.45. The van der Waals surface area contributed by atoms with Gasteiger partial charge in [-0.25, -0.2) is 9.13 Å². The van der Waals surface area contributed by atoms with E-state index in [0.29, 0.717) is 25.7 Å². The number of aliphatic hydroxyl groups is 1. The number of aliphatic hydroxyl groups excluding tert-OH is 1. The molecule has 0 aliphatic carbocycles. The maximum atomic E-state index is 13.1. The molecule has 0 radical (unpaired) electrons. The third-order valence-electron chi connectivity index (χ3n) is 20.2. The van der Waals surface area contributed by atoms with E-state index in [9.17, 15) is 43.2 Å². The molecule has 0 aliphatic heterocycles. The molecule has 0 fully saturated rings. The van der Waals surface area contributed by atoms with Crippen LogP contribution in [0.4, 0.5) is 0 Å². The van der Waals surface area contributed by atoms with E-state index in [4.69, 9.17) is 37.0 Å². The maximum absolute atomic E-state index is 13.1. The Labute approximate surface area is 645 Å².